The van der Waals surface area contributed by atoms with Crippen LogP contribution in [0, 0.1) is 10.1 Å². The molecular formula is C22H35N5O7. The number of benzene rings is 1. The van der Waals surface area contributed by atoms with Gasteiger partial charge in [-0.25, -0.2) is 4.79 Å². The molecule has 0 aromatic heterocycles. The first-order valence-corrected chi connectivity index (χ1v) is 10.6. The Balaban J connectivity index is 0.00000529. The summed E-state index contributed by atoms with van der Waals surface area (Å²) >= 11 is 0. The molecule has 0 saturated carbocycles. The number of nitrogens with zero attached hydrogens (tertiary/aromatic N) is 1. The Morgan fingerprint density at radius 1 is 1.09 bits per heavy atom. The molecule has 0 aliphatic heterocycles. The molecule has 2 amide bonds. The molecule has 0 radical (unpaired) electrons. The van der Waals surface area contributed by atoms with Gasteiger partial charge in [0.1, 0.15) is 18.1 Å². The van der Waals surface area contributed by atoms with E-state index in [4.69, 9.17) is 19.9 Å². The van der Waals surface area contributed by atoms with Crippen LogP contribution in [0.1, 0.15) is 46.6 Å². The Labute approximate surface area is 199 Å². The predicted molar refractivity (Wildman–Crippen MR) is 128 cm³/mol. The van der Waals surface area contributed by atoms with E-state index in [1.807, 2.05) is 20.8 Å². The molecule has 0 heterocycles. The molecule has 34 heavy (non-hydrogen) atoms. The number of nitrogens with two attached hydrogens (primary N) is 1. The summed E-state index contributed by atoms with van der Waals surface area (Å²) in [4.78, 5) is 35.4. The monoisotopic (exact) mass is 481 g/mol. The molecule has 1 rings (SSSR count). The highest BCUT2D eigenvalue weighted by Gasteiger charge is 2.21. The number of nitro benzene ring substituents is 1. The van der Waals surface area contributed by atoms with Crippen LogP contribution in [0.25, 0.3) is 0 Å². The summed E-state index contributed by atoms with van der Waals surface area (Å²) in [6, 6.07) is 2.54. The van der Waals surface area contributed by atoms with Gasteiger partial charge in [-0.3, -0.25) is 20.2 Å². The molecular weight excluding hydrogens is 446 g/mol. The Kier molecular flexibility index (Phi) is 13.2. The Morgan fingerprint density at radius 2 is 1.65 bits per heavy atom. The van der Waals surface area contributed by atoms with E-state index in [1.165, 1.54) is 26.4 Å². The summed E-state index contributed by atoms with van der Waals surface area (Å²) in [6.45, 7) is 8.75. The Hall–Kier alpha value is -3.96. The maximum Gasteiger partial charge on any atom is 0.413 e. The fourth-order valence-corrected chi connectivity index (χ4v) is 2.38. The average Bonchev–Trinajstić information content (AvgIpc) is 2.85. The highest BCUT2D eigenvalue weighted by Crippen LogP contribution is 2.34. The number of allylic oxidation sites excluding steroid dienone is 2. The Morgan fingerprint density at radius 3 is 2.12 bits per heavy atom. The summed E-state index contributed by atoms with van der Waals surface area (Å²) < 4.78 is 15.3. The summed E-state index contributed by atoms with van der Waals surface area (Å²) in [5.41, 5.74) is 6.63. The maximum absolute atomic E-state index is 12.3. The third-order valence-corrected chi connectivity index (χ3v) is 4.59. The molecule has 0 saturated heterocycles. The van der Waals surface area contributed by atoms with Crippen molar-refractivity contribution in [3.05, 3.63) is 50.6 Å². The van der Waals surface area contributed by atoms with Crippen LogP contribution in [0.4, 0.5) is 10.5 Å². The molecule has 5 N–H and O–H groups in total. The molecule has 1 aromatic rings. The number of rotatable bonds is 10. The standard InChI is InChI=1S/C20H29N5O7.C2H6/c1-7-11(2)18(23-19(26)17(21)12(3)22-4)24-20(27)32-10-13-8-15(30-5)16(31-6)9-14(13)25(28)29;1-2/h8-9,22H,7,10,21H2,1-6H3,(H,23,26)(H,24,27);1-2H3/b17-12-,18-11?;. The van der Waals surface area contributed by atoms with Crippen molar-refractivity contribution < 1.29 is 28.7 Å². The van der Waals surface area contributed by atoms with Gasteiger partial charge < -0.3 is 30.6 Å². The minimum Gasteiger partial charge on any atom is -0.493 e. The van der Waals surface area contributed by atoms with Crippen molar-refractivity contribution in [2.75, 3.05) is 21.3 Å². The van der Waals surface area contributed by atoms with Gasteiger partial charge in [-0.2, -0.15) is 0 Å². The molecule has 12 heteroatoms. The maximum atomic E-state index is 12.3. The van der Waals surface area contributed by atoms with Gasteiger partial charge in [0, 0.05) is 12.7 Å². The van der Waals surface area contributed by atoms with Gasteiger partial charge in [0.05, 0.1) is 30.8 Å². The summed E-state index contributed by atoms with van der Waals surface area (Å²) in [7, 11) is 4.35. The molecule has 12 nitrogen and oxygen atoms in total. The van der Waals surface area contributed by atoms with Gasteiger partial charge in [-0.05, 0) is 31.9 Å². The van der Waals surface area contributed by atoms with E-state index in [0.717, 1.165) is 0 Å². The molecule has 0 aliphatic carbocycles. The summed E-state index contributed by atoms with van der Waals surface area (Å²) in [6.07, 6.45) is -0.406. The van der Waals surface area contributed by atoms with E-state index in [2.05, 4.69) is 16.0 Å². The van der Waals surface area contributed by atoms with Gasteiger partial charge in [0.15, 0.2) is 11.5 Å². The van der Waals surface area contributed by atoms with Gasteiger partial charge in [-0.15, -0.1) is 0 Å². The van der Waals surface area contributed by atoms with Crippen molar-refractivity contribution in [3.8, 4) is 11.5 Å². The van der Waals surface area contributed by atoms with Gasteiger partial charge >= 0.3 is 6.09 Å². The van der Waals surface area contributed by atoms with Crippen LogP contribution in [0.2, 0.25) is 0 Å². The van der Waals surface area contributed by atoms with Crippen LogP contribution in [-0.4, -0.2) is 38.2 Å². The van der Waals surface area contributed by atoms with E-state index < -0.39 is 23.5 Å². The molecule has 0 atom stereocenters. The van der Waals surface area contributed by atoms with Crippen molar-refractivity contribution in [1.82, 2.24) is 16.0 Å². The zero-order valence-corrected chi connectivity index (χ0v) is 21.0. The van der Waals surface area contributed by atoms with Crippen LogP contribution in [0.5, 0.6) is 11.5 Å². The SMILES string of the molecule is CC.CCC(C)=C(NC(=O)OCc1cc(OC)c(OC)cc1[N+](=O)[O-])NC(=O)/C(N)=C(\C)NC. The van der Waals surface area contributed by atoms with Crippen LogP contribution >= 0.6 is 0 Å². The smallest absolute Gasteiger partial charge is 0.413 e. The number of ether oxygens (including phenoxy) is 3. The zero-order valence-electron chi connectivity index (χ0n) is 21.0. The first kappa shape index (κ1) is 30.0. The third kappa shape index (κ3) is 8.52. The summed E-state index contributed by atoms with van der Waals surface area (Å²) in [5, 5.41) is 19.1. The molecule has 0 spiro atoms. The molecule has 0 unspecified atom stereocenters. The first-order chi connectivity index (χ1) is 16.1. The lowest BCUT2D eigenvalue weighted by molar-refractivity contribution is -0.385. The third-order valence-electron chi connectivity index (χ3n) is 4.59. The van der Waals surface area contributed by atoms with E-state index in [9.17, 15) is 19.7 Å². The molecule has 190 valence electrons. The number of hydrogen-bond donors (Lipinski definition) is 4. The number of carbonyl (C=O) groups is 2. The lowest BCUT2D eigenvalue weighted by Gasteiger charge is -2.16. The number of hydrogen-bond acceptors (Lipinski definition) is 9. The lowest BCUT2D eigenvalue weighted by Crippen LogP contribution is -2.39. The fourth-order valence-electron chi connectivity index (χ4n) is 2.38. The summed E-state index contributed by atoms with van der Waals surface area (Å²) in [5.74, 6) is -0.0954. The van der Waals surface area contributed by atoms with Gasteiger partial charge in [-0.1, -0.05) is 20.8 Å². The zero-order chi connectivity index (χ0) is 26.4. The highest BCUT2D eigenvalue weighted by molar-refractivity contribution is 5.94. The lowest BCUT2D eigenvalue weighted by atomic mass is 10.1. The first-order valence-electron chi connectivity index (χ1n) is 10.6. The quantitative estimate of drug-likeness (QED) is 0.223. The minimum atomic E-state index is -0.926. The largest absolute Gasteiger partial charge is 0.493 e. The van der Waals surface area contributed by atoms with E-state index in [1.54, 1.807) is 20.9 Å². The second-order valence-electron chi connectivity index (χ2n) is 6.55. The second-order valence-corrected chi connectivity index (χ2v) is 6.55. The number of nitro groups is 1. The van der Waals surface area contributed by atoms with Crippen molar-refractivity contribution in [3.63, 3.8) is 0 Å². The molecule has 1 aromatic carbocycles. The van der Waals surface area contributed by atoms with E-state index >= 15 is 0 Å². The van der Waals surface area contributed by atoms with Gasteiger partial charge in [0.2, 0.25) is 0 Å². The predicted octanol–water partition coefficient (Wildman–Crippen LogP) is 3.03. The number of methoxy groups -OCH3 is 2. The fraction of sp³-hybridized carbons (Fsp3) is 0.455. The van der Waals surface area contributed by atoms with Crippen LogP contribution in [0.15, 0.2) is 34.9 Å². The van der Waals surface area contributed by atoms with E-state index in [0.29, 0.717) is 17.7 Å². The number of carbonyl (C=O) groups excluding carboxylic acids is 2. The van der Waals surface area contributed by atoms with Crippen molar-refractivity contribution in [2.24, 2.45) is 5.73 Å². The number of amides is 2. The Bertz CT molecular complexity index is 942. The minimum absolute atomic E-state index is 0.0509. The molecule has 0 aliphatic rings. The van der Waals surface area contributed by atoms with E-state index in [-0.39, 0.29) is 34.3 Å². The van der Waals surface area contributed by atoms with Gasteiger partial charge in [0.25, 0.3) is 11.6 Å². The normalized spacial score (nSPS) is 11.5. The number of alkyl carbamates (subject to hydrolysis) is 1. The second kappa shape index (κ2) is 15.0. The average molecular weight is 482 g/mol. The van der Waals surface area contributed by atoms with Crippen molar-refractivity contribution >= 4 is 17.7 Å². The molecule has 0 bridgehead atoms. The molecule has 0 fully saturated rings. The van der Waals surface area contributed by atoms with Crippen molar-refractivity contribution in [1.29, 1.82) is 0 Å². The highest BCUT2D eigenvalue weighted by atomic mass is 16.6. The number of nitrogens with one attached hydrogen (secondary N) is 3. The van der Waals surface area contributed by atoms with Crippen LogP contribution in [-0.2, 0) is 16.1 Å². The topological polar surface area (TPSA) is 167 Å². The van der Waals surface area contributed by atoms with Crippen LogP contribution < -0.4 is 31.2 Å². The van der Waals surface area contributed by atoms with Crippen LogP contribution in [0.3, 0.4) is 0 Å². The van der Waals surface area contributed by atoms with Crippen molar-refractivity contribution in [2.45, 2.75) is 47.6 Å².